The summed E-state index contributed by atoms with van der Waals surface area (Å²) < 4.78 is 13.4. The molecule has 1 fully saturated rings. The van der Waals surface area contributed by atoms with Crippen molar-refractivity contribution in [1.82, 2.24) is 14.6 Å². The number of morpholine rings is 1. The highest BCUT2D eigenvalue weighted by Gasteiger charge is 2.28. The lowest BCUT2D eigenvalue weighted by Crippen LogP contribution is -2.48. The summed E-state index contributed by atoms with van der Waals surface area (Å²) in [7, 11) is 0. The molecule has 8 nitrogen and oxygen atoms in total. The van der Waals surface area contributed by atoms with Gasteiger partial charge in [-0.3, -0.25) is 9.59 Å². The Hall–Kier alpha value is -4.14. The van der Waals surface area contributed by atoms with Gasteiger partial charge in [-0.2, -0.15) is 0 Å². The van der Waals surface area contributed by atoms with E-state index in [1.165, 1.54) is 0 Å². The van der Waals surface area contributed by atoms with Gasteiger partial charge in [0, 0.05) is 57.6 Å². The summed E-state index contributed by atoms with van der Waals surface area (Å²) in [5, 5.41) is 6.23. The lowest BCUT2D eigenvalue weighted by molar-refractivity contribution is -0.0586. The number of rotatable bonds is 5. The van der Waals surface area contributed by atoms with E-state index in [9.17, 15) is 9.59 Å². The van der Waals surface area contributed by atoms with Crippen LogP contribution in [0.3, 0.4) is 0 Å². The summed E-state index contributed by atoms with van der Waals surface area (Å²) in [5.41, 5.74) is 11.9. The van der Waals surface area contributed by atoms with Gasteiger partial charge in [-0.05, 0) is 81.3 Å². The number of nitrogens with zero attached hydrogens (tertiary/aromatic N) is 3. The Kier molecular flexibility index (Phi) is 6.83. The number of hydrogen-bond donors (Lipinski definition) is 1. The van der Waals surface area contributed by atoms with Crippen LogP contribution in [-0.4, -0.2) is 51.7 Å². The third kappa shape index (κ3) is 4.87. The summed E-state index contributed by atoms with van der Waals surface area (Å²) in [6.45, 7) is 9.19. The molecule has 1 aliphatic rings. The van der Waals surface area contributed by atoms with Gasteiger partial charge in [-0.1, -0.05) is 28.9 Å². The largest absolute Gasteiger partial charge is 0.372 e. The van der Waals surface area contributed by atoms with E-state index in [2.05, 4.69) is 9.72 Å². The van der Waals surface area contributed by atoms with Crippen LogP contribution >= 0.6 is 11.6 Å². The minimum Gasteiger partial charge on any atom is -0.372 e. The first-order chi connectivity index (χ1) is 19.6. The number of fused-ring (bicyclic) bond motifs is 3. The van der Waals surface area contributed by atoms with Crippen LogP contribution in [0.1, 0.15) is 51.6 Å². The molecule has 3 heterocycles. The van der Waals surface area contributed by atoms with Crippen LogP contribution in [0.2, 0.25) is 5.02 Å². The number of carbonyl (C=O) groups is 2. The lowest BCUT2D eigenvalue weighted by atomic mass is 9.97. The molecule has 5 aromatic rings. The molecule has 2 aromatic heterocycles. The second-order valence-corrected chi connectivity index (χ2v) is 11.3. The van der Waals surface area contributed by atoms with Crippen molar-refractivity contribution in [1.29, 1.82) is 0 Å². The molecule has 0 saturated carbocycles. The number of hydrogen-bond acceptors (Lipinski definition) is 5. The van der Waals surface area contributed by atoms with Crippen LogP contribution < -0.4 is 5.73 Å². The number of aryl methyl sites for hydroxylation is 2. The molecule has 6 rings (SSSR count). The molecule has 0 radical (unpaired) electrons. The Morgan fingerprint density at radius 2 is 1.78 bits per heavy atom. The molecule has 210 valence electrons. The van der Waals surface area contributed by atoms with E-state index in [1.54, 1.807) is 6.07 Å². The molecule has 0 spiro atoms. The van der Waals surface area contributed by atoms with E-state index in [1.807, 2.05) is 81.1 Å². The molecule has 9 heteroatoms. The van der Waals surface area contributed by atoms with Crippen molar-refractivity contribution in [2.75, 3.05) is 13.1 Å². The quantitative estimate of drug-likeness (QED) is 0.274. The number of amides is 2. The minimum absolute atomic E-state index is 0.0461. The molecule has 41 heavy (non-hydrogen) atoms. The summed E-state index contributed by atoms with van der Waals surface area (Å²) in [4.78, 5) is 28.4. The van der Waals surface area contributed by atoms with Crippen LogP contribution in [0.15, 0.2) is 59.1 Å². The molecule has 2 N–H and O–H groups in total. The fourth-order valence-corrected chi connectivity index (χ4v) is 6.32. The molecule has 0 aliphatic carbocycles. The second-order valence-electron chi connectivity index (χ2n) is 10.9. The maximum Gasteiger partial charge on any atom is 0.254 e. The Labute approximate surface area is 242 Å². The number of carbonyl (C=O) groups excluding carboxylic acids is 2. The van der Waals surface area contributed by atoms with E-state index in [0.717, 1.165) is 38.8 Å². The van der Waals surface area contributed by atoms with Crippen molar-refractivity contribution in [2.24, 2.45) is 5.73 Å². The number of ether oxygens (including phenoxy) is 1. The first-order valence-corrected chi connectivity index (χ1v) is 14.0. The van der Waals surface area contributed by atoms with E-state index >= 15 is 0 Å². The zero-order chi connectivity index (χ0) is 29.0. The van der Waals surface area contributed by atoms with E-state index < -0.39 is 5.91 Å². The average molecular weight is 571 g/mol. The highest BCUT2D eigenvalue weighted by atomic mass is 35.5. The summed E-state index contributed by atoms with van der Waals surface area (Å²) in [5.74, 6) is 0.0206. The SMILES string of the molecule is Cc1noc(C)c1-c1cc(C(N)=O)c2c3cc(C(=O)N4C[C@@H](C)O[C@@H](C)C4)ccc3n(Cc3cccc(Cl)c3)c2c1. The third-order valence-electron chi connectivity index (χ3n) is 7.74. The van der Waals surface area contributed by atoms with Gasteiger partial charge in [-0.15, -0.1) is 0 Å². The summed E-state index contributed by atoms with van der Waals surface area (Å²) >= 11 is 6.33. The van der Waals surface area contributed by atoms with Crippen LogP contribution in [0.4, 0.5) is 0 Å². The van der Waals surface area contributed by atoms with Crippen LogP contribution in [-0.2, 0) is 11.3 Å². The molecule has 2 atom stereocenters. The lowest BCUT2D eigenvalue weighted by Gasteiger charge is -2.35. The Morgan fingerprint density at radius 3 is 2.44 bits per heavy atom. The fraction of sp³-hybridized carbons (Fsp3) is 0.281. The standard InChI is InChI=1S/C32H31ClN4O4/c1-17-14-36(15-18(2)40-17)32(39)22-8-9-27-25(11-22)30-26(31(34)38)12-23(29-19(3)35-41-20(29)4)13-28(30)37(27)16-21-6-5-7-24(33)10-21/h5-13,17-18H,14-16H2,1-4H3,(H2,34,38)/t17-,18+. The zero-order valence-electron chi connectivity index (χ0n) is 23.4. The molecule has 2 amide bonds. The predicted octanol–water partition coefficient (Wildman–Crippen LogP) is 6.12. The molecule has 1 aliphatic heterocycles. The maximum atomic E-state index is 13.6. The molecular weight excluding hydrogens is 540 g/mol. The monoisotopic (exact) mass is 570 g/mol. The summed E-state index contributed by atoms with van der Waals surface area (Å²) in [6, 6.07) is 17.2. The smallest absolute Gasteiger partial charge is 0.254 e. The fourth-order valence-electron chi connectivity index (χ4n) is 6.11. The van der Waals surface area contributed by atoms with Crippen LogP contribution in [0.25, 0.3) is 32.9 Å². The average Bonchev–Trinajstić information content (AvgIpc) is 3.42. The Morgan fingerprint density at radius 1 is 1.02 bits per heavy atom. The Balaban J connectivity index is 1.60. The minimum atomic E-state index is -0.557. The normalized spacial score (nSPS) is 17.4. The molecular formula is C32H31ClN4O4. The highest BCUT2D eigenvalue weighted by Crippen LogP contribution is 2.38. The predicted molar refractivity (Wildman–Crippen MR) is 159 cm³/mol. The van der Waals surface area contributed by atoms with Crippen molar-refractivity contribution in [3.05, 3.63) is 87.8 Å². The third-order valence-corrected chi connectivity index (χ3v) is 7.97. The van der Waals surface area contributed by atoms with Crippen LogP contribution in [0, 0.1) is 13.8 Å². The van der Waals surface area contributed by atoms with E-state index in [-0.39, 0.29) is 18.1 Å². The topological polar surface area (TPSA) is 104 Å². The zero-order valence-corrected chi connectivity index (χ0v) is 24.2. The first-order valence-electron chi connectivity index (χ1n) is 13.6. The van der Waals surface area contributed by atoms with Gasteiger partial charge < -0.3 is 24.5 Å². The molecule has 0 unspecified atom stereocenters. The number of aromatic nitrogens is 2. The number of primary amides is 1. The van der Waals surface area contributed by atoms with Crippen molar-refractivity contribution in [2.45, 2.75) is 46.4 Å². The van der Waals surface area contributed by atoms with Gasteiger partial charge >= 0.3 is 0 Å². The van der Waals surface area contributed by atoms with Crippen molar-refractivity contribution < 1.29 is 18.8 Å². The van der Waals surface area contributed by atoms with Gasteiger partial charge in [0.15, 0.2) is 0 Å². The first kappa shape index (κ1) is 27.1. The maximum absolute atomic E-state index is 13.6. The van der Waals surface area contributed by atoms with Gasteiger partial charge in [0.2, 0.25) is 5.91 Å². The van der Waals surface area contributed by atoms with Crippen LogP contribution in [0.5, 0.6) is 0 Å². The van der Waals surface area contributed by atoms with Crippen molar-refractivity contribution in [3.63, 3.8) is 0 Å². The summed E-state index contributed by atoms with van der Waals surface area (Å²) in [6.07, 6.45) is -0.0921. The van der Waals surface area contributed by atoms with Gasteiger partial charge in [0.25, 0.3) is 5.91 Å². The van der Waals surface area contributed by atoms with E-state index in [4.69, 9.17) is 26.6 Å². The van der Waals surface area contributed by atoms with Gasteiger partial charge in [0.1, 0.15) is 5.76 Å². The number of benzene rings is 3. The van der Waals surface area contributed by atoms with Gasteiger partial charge in [0.05, 0.1) is 23.4 Å². The number of nitrogens with two attached hydrogens (primary N) is 1. The van der Waals surface area contributed by atoms with Crippen molar-refractivity contribution in [3.8, 4) is 11.1 Å². The van der Waals surface area contributed by atoms with E-state index in [0.29, 0.717) is 46.9 Å². The molecule has 3 aromatic carbocycles. The Bertz CT molecular complexity index is 1810. The molecule has 1 saturated heterocycles. The second kappa shape index (κ2) is 10.4. The molecule has 0 bridgehead atoms. The number of halogens is 1. The van der Waals surface area contributed by atoms with Gasteiger partial charge in [-0.25, -0.2) is 0 Å². The highest BCUT2D eigenvalue weighted by molar-refractivity contribution is 6.30. The van der Waals surface area contributed by atoms with Crippen molar-refractivity contribution >= 4 is 45.2 Å².